The molecule has 1 saturated heterocycles. The number of nitrogens with one attached hydrogen (secondary N) is 2. The lowest BCUT2D eigenvalue weighted by Gasteiger charge is -2.35. The Morgan fingerprint density at radius 2 is 1.71 bits per heavy atom. The summed E-state index contributed by atoms with van der Waals surface area (Å²) in [6, 6.07) is 19.7. The van der Waals surface area contributed by atoms with Crippen LogP contribution in [0, 0.1) is 0 Å². The molecule has 7 heteroatoms. The van der Waals surface area contributed by atoms with Crippen LogP contribution in [0.25, 0.3) is 11.1 Å². The van der Waals surface area contributed by atoms with Gasteiger partial charge in [-0.2, -0.15) is 0 Å². The Bertz CT molecular complexity index is 1100. The summed E-state index contributed by atoms with van der Waals surface area (Å²) in [5.41, 5.74) is 5.43. The molecule has 2 aliphatic rings. The normalized spacial score (nSPS) is 17.4. The number of nitrogens with zero attached hydrogens (tertiary/aromatic N) is 1. The molecule has 2 aromatic carbocycles. The van der Waals surface area contributed by atoms with E-state index in [4.69, 9.17) is 4.74 Å². The fourth-order valence-electron chi connectivity index (χ4n) is 4.57. The van der Waals surface area contributed by atoms with Crippen LogP contribution >= 0.6 is 12.4 Å². The Balaban J connectivity index is 0.00000231. The van der Waals surface area contributed by atoms with Gasteiger partial charge in [0.2, 0.25) is 5.56 Å². The maximum absolute atomic E-state index is 13.0. The van der Waals surface area contributed by atoms with Crippen LogP contribution in [-0.4, -0.2) is 42.2 Å². The molecule has 31 heavy (non-hydrogen) atoms. The third-order valence-corrected chi connectivity index (χ3v) is 6.00. The molecule has 1 aliphatic carbocycles. The maximum Gasteiger partial charge on any atom is 0.410 e. The molecule has 2 heterocycles. The quantitative estimate of drug-likeness (QED) is 0.655. The van der Waals surface area contributed by atoms with Gasteiger partial charge in [0.15, 0.2) is 0 Å². The number of hydrogen-bond donors (Lipinski definition) is 2. The average molecular weight is 438 g/mol. The number of amides is 1. The zero-order chi connectivity index (χ0) is 20.5. The Morgan fingerprint density at radius 1 is 1.03 bits per heavy atom. The zero-order valence-corrected chi connectivity index (χ0v) is 17.7. The number of aromatic nitrogens is 1. The third kappa shape index (κ3) is 3.96. The van der Waals surface area contributed by atoms with Crippen LogP contribution in [0.3, 0.4) is 0 Å². The van der Waals surface area contributed by atoms with Crippen LogP contribution in [0.4, 0.5) is 4.79 Å². The first-order valence-electron chi connectivity index (χ1n) is 10.2. The summed E-state index contributed by atoms with van der Waals surface area (Å²) in [6.45, 7) is 2.12. The van der Waals surface area contributed by atoms with Gasteiger partial charge in [-0.15, -0.1) is 12.4 Å². The lowest BCUT2D eigenvalue weighted by Crippen LogP contribution is -2.49. The van der Waals surface area contributed by atoms with Gasteiger partial charge in [-0.3, -0.25) is 9.69 Å². The average Bonchev–Trinajstić information content (AvgIpc) is 3.11. The predicted molar refractivity (Wildman–Crippen MR) is 122 cm³/mol. The summed E-state index contributed by atoms with van der Waals surface area (Å²) in [7, 11) is 0. The van der Waals surface area contributed by atoms with E-state index in [1.165, 1.54) is 22.3 Å². The number of benzene rings is 2. The number of piperazine rings is 1. The van der Waals surface area contributed by atoms with Gasteiger partial charge in [-0.25, -0.2) is 4.79 Å². The van der Waals surface area contributed by atoms with Crippen molar-refractivity contribution >= 4 is 18.5 Å². The minimum Gasteiger partial charge on any atom is -0.448 e. The number of carbonyl (C=O) groups excluding carboxylic acids is 1. The Kier molecular flexibility index (Phi) is 6.11. The van der Waals surface area contributed by atoms with Crippen LogP contribution in [0.1, 0.15) is 28.7 Å². The number of hydrogen-bond acceptors (Lipinski definition) is 4. The van der Waals surface area contributed by atoms with E-state index in [-0.39, 0.29) is 36.0 Å². The van der Waals surface area contributed by atoms with Crippen molar-refractivity contribution in [1.82, 2.24) is 15.2 Å². The van der Waals surface area contributed by atoms with Crippen LogP contribution in [-0.2, 0) is 4.74 Å². The largest absolute Gasteiger partial charge is 0.448 e. The van der Waals surface area contributed by atoms with E-state index in [9.17, 15) is 9.59 Å². The van der Waals surface area contributed by atoms with Gasteiger partial charge in [-0.1, -0.05) is 48.5 Å². The number of halogens is 1. The molecule has 2 N–H and O–H groups in total. The van der Waals surface area contributed by atoms with Gasteiger partial charge in [0.25, 0.3) is 0 Å². The van der Waals surface area contributed by atoms with E-state index in [1.807, 2.05) is 30.3 Å². The Hall–Kier alpha value is -3.09. The third-order valence-electron chi connectivity index (χ3n) is 6.00. The fraction of sp³-hybridized carbons (Fsp3) is 0.250. The van der Waals surface area contributed by atoms with Gasteiger partial charge in [0.05, 0.1) is 6.04 Å². The number of rotatable bonds is 3. The van der Waals surface area contributed by atoms with Crippen molar-refractivity contribution < 1.29 is 9.53 Å². The van der Waals surface area contributed by atoms with E-state index < -0.39 is 0 Å². The molecule has 1 atom stereocenters. The Labute approximate surface area is 186 Å². The second kappa shape index (κ2) is 8.96. The highest BCUT2D eigenvalue weighted by atomic mass is 35.5. The molecule has 0 spiro atoms. The van der Waals surface area contributed by atoms with E-state index in [2.05, 4.69) is 34.6 Å². The summed E-state index contributed by atoms with van der Waals surface area (Å²) in [5.74, 6) is 0.0299. The fourth-order valence-corrected chi connectivity index (χ4v) is 4.57. The summed E-state index contributed by atoms with van der Waals surface area (Å²) < 4.78 is 5.83. The van der Waals surface area contributed by atoms with Crippen molar-refractivity contribution in [2.75, 3.05) is 26.2 Å². The van der Waals surface area contributed by atoms with Crippen LogP contribution in [0.15, 0.2) is 71.7 Å². The van der Waals surface area contributed by atoms with E-state index in [0.29, 0.717) is 26.2 Å². The van der Waals surface area contributed by atoms with Gasteiger partial charge in [-0.05, 0) is 33.9 Å². The van der Waals surface area contributed by atoms with Crippen LogP contribution in [0.5, 0.6) is 0 Å². The van der Waals surface area contributed by atoms with E-state index in [1.54, 1.807) is 17.2 Å². The molecule has 1 aliphatic heterocycles. The second-order valence-corrected chi connectivity index (χ2v) is 7.70. The highest BCUT2D eigenvalue weighted by molar-refractivity contribution is 5.85. The summed E-state index contributed by atoms with van der Waals surface area (Å²) >= 11 is 0. The first-order valence-corrected chi connectivity index (χ1v) is 10.2. The smallest absolute Gasteiger partial charge is 0.410 e. The first-order chi connectivity index (χ1) is 14.7. The van der Waals surface area contributed by atoms with Crippen molar-refractivity contribution in [1.29, 1.82) is 0 Å². The number of carbonyl (C=O) groups is 1. The minimum atomic E-state index is -0.344. The maximum atomic E-state index is 13.0. The van der Waals surface area contributed by atoms with Crippen molar-refractivity contribution in [3.05, 3.63) is 93.9 Å². The van der Waals surface area contributed by atoms with E-state index >= 15 is 0 Å². The monoisotopic (exact) mass is 437 g/mol. The lowest BCUT2D eigenvalue weighted by molar-refractivity contribution is 0.0752. The van der Waals surface area contributed by atoms with Gasteiger partial charge in [0, 0.05) is 37.8 Å². The standard InChI is InChI=1S/C24H23N3O3.ClH/c28-23-13-16(9-10-26-23)22-14-25-11-12-27(22)24(29)30-15-21-19-7-3-1-5-17(19)18-6-2-4-8-20(18)21;/h1-10,13,21-22,25H,11-12,14-15H2,(H,26,28);1H. The van der Waals surface area contributed by atoms with Crippen molar-refractivity contribution in [2.24, 2.45) is 0 Å². The van der Waals surface area contributed by atoms with E-state index in [0.717, 1.165) is 5.56 Å². The highest BCUT2D eigenvalue weighted by Crippen LogP contribution is 2.44. The molecule has 0 radical (unpaired) electrons. The Morgan fingerprint density at radius 3 is 2.39 bits per heavy atom. The highest BCUT2D eigenvalue weighted by Gasteiger charge is 2.32. The topological polar surface area (TPSA) is 74.4 Å². The van der Waals surface area contributed by atoms with Crippen LogP contribution < -0.4 is 10.9 Å². The van der Waals surface area contributed by atoms with Crippen LogP contribution in [0.2, 0.25) is 0 Å². The predicted octanol–water partition coefficient (Wildman–Crippen LogP) is 3.69. The molecule has 0 bridgehead atoms. The first kappa shape index (κ1) is 21.2. The molecule has 6 nitrogen and oxygen atoms in total. The molecule has 1 unspecified atom stereocenters. The van der Waals surface area contributed by atoms with Crippen molar-refractivity contribution in [3.8, 4) is 11.1 Å². The second-order valence-electron chi connectivity index (χ2n) is 7.70. The molecular weight excluding hydrogens is 414 g/mol. The lowest BCUT2D eigenvalue weighted by atomic mass is 9.98. The number of ether oxygens (including phenoxy) is 1. The van der Waals surface area contributed by atoms with Gasteiger partial charge >= 0.3 is 6.09 Å². The molecule has 3 aromatic rings. The summed E-state index contributed by atoms with van der Waals surface area (Å²) in [6.07, 6.45) is 1.27. The molecule has 1 aromatic heterocycles. The van der Waals surface area contributed by atoms with Crippen molar-refractivity contribution in [3.63, 3.8) is 0 Å². The minimum absolute atomic E-state index is 0. The molecular formula is C24H24ClN3O3. The summed E-state index contributed by atoms with van der Waals surface area (Å²) in [4.78, 5) is 29.1. The number of H-pyrrole nitrogens is 1. The molecule has 1 fully saturated rings. The zero-order valence-electron chi connectivity index (χ0n) is 16.9. The molecule has 5 rings (SSSR count). The van der Waals surface area contributed by atoms with Crippen molar-refractivity contribution in [2.45, 2.75) is 12.0 Å². The molecule has 1 amide bonds. The number of fused-ring (bicyclic) bond motifs is 3. The molecule has 0 saturated carbocycles. The summed E-state index contributed by atoms with van der Waals surface area (Å²) in [5, 5.41) is 3.30. The number of pyridine rings is 1. The van der Waals surface area contributed by atoms with Gasteiger partial charge < -0.3 is 15.0 Å². The van der Waals surface area contributed by atoms with Gasteiger partial charge in [0.1, 0.15) is 6.61 Å². The number of aromatic amines is 1. The SMILES string of the molecule is Cl.O=C(OCC1c2ccccc2-c2ccccc21)N1CCNCC1c1cc[nH]c(=O)c1. The molecule has 160 valence electrons.